The Morgan fingerprint density at radius 2 is 2.00 bits per heavy atom. The van der Waals surface area contributed by atoms with Gasteiger partial charge in [-0.1, -0.05) is 0 Å². The van der Waals surface area contributed by atoms with Gasteiger partial charge in [0.2, 0.25) is 0 Å². The van der Waals surface area contributed by atoms with Crippen molar-refractivity contribution in [2.45, 2.75) is 20.8 Å². The first-order valence-electron chi connectivity index (χ1n) is 3.39. The highest BCUT2D eigenvalue weighted by atomic mass is 127. The van der Waals surface area contributed by atoms with Gasteiger partial charge in [0.25, 0.3) is 0 Å². The third-order valence-electron chi connectivity index (χ3n) is 1.73. The number of aromatic nitrogens is 1. The fourth-order valence-electron chi connectivity index (χ4n) is 1.24. The van der Waals surface area contributed by atoms with Crippen molar-refractivity contribution in [1.82, 2.24) is 4.98 Å². The van der Waals surface area contributed by atoms with E-state index >= 15 is 0 Å². The normalized spacial score (nSPS) is 10.2. The lowest BCUT2D eigenvalue weighted by Gasteiger charge is -1.93. The zero-order valence-electron chi connectivity index (χ0n) is 6.79. The summed E-state index contributed by atoms with van der Waals surface area (Å²) >= 11 is 2.20. The Kier molecular flexibility index (Phi) is 2.37. The average Bonchev–Trinajstić information content (AvgIpc) is 2.07. The summed E-state index contributed by atoms with van der Waals surface area (Å²) in [6.07, 6.45) is 0. The molecule has 0 aliphatic rings. The van der Waals surface area contributed by atoms with Crippen molar-refractivity contribution < 1.29 is 4.79 Å². The summed E-state index contributed by atoms with van der Waals surface area (Å²) in [6, 6.07) is 0. The van der Waals surface area contributed by atoms with E-state index in [2.05, 4.69) is 27.6 Å². The van der Waals surface area contributed by atoms with Gasteiger partial charge in [0.15, 0.2) is 5.78 Å². The molecule has 3 heteroatoms. The summed E-state index contributed by atoms with van der Waals surface area (Å²) in [5, 5.41) is 0. The quantitative estimate of drug-likeness (QED) is 0.612. The van der Waals surface area contributed by atoms with E-state index in [0.29, 0.717) is 0 Å². The van der Waals surface area contributed by atoms with Crippen LogP contribution < -0.4 is 0 Å². The van der Waals surface area contributed by atoms with Gasteiger partial charge >= 0.3 is 0 Å². The molecule has 0 atom stereocenters. The molecular formula is C8H10INO. The topological polar surface area (TPSA) is 32.9 Å². The molecule has 1 N–H and O–H groups in total. The van der Waals surface area contributed by atoms with Crippen molar-refractivity contribution in [3.8, 4) is 0 Å². The van der Waals surface area contributed by atoms with E-state index in [1.807, 2.05) is 13.8 Å². The van der Waals surface area contributed by atoms with Crippen LogP contribution in [0.3, 0.4) is 0 Å². The van der Waals surface area contributed by atoms with Crippen LogP contribution in [0.5, 0.6) is 0 Å². The Hall–Kier alpha value is -0.320. The number of carbonyl (C=O) groups is 1. The van der Waals surface area contributed by atoms with Gasteiger partial charge in [-0.3, -0.25) is 4.79 Å². The standard InChI is InChI=1S/C8H10INO/c1-4-7(6(3)11)5(2)10-8(4)9/h10H,1-3H3. The molecule has 1 rings (SSSR count). The Bertz CT molecular complexity index is 301. The van der Waals surface area contributed by atoms with Crippen molar-refractivity contribution in [2.75, 3.05) is 0 Å². The second-order valence-electron chi connectivity index (χ2n) is 2.62. The molecular weight excluding hydrogens is 253 g/mol. The van der Waals surface area contributed by atoms with E-state index in [1.165, 1.54) is 0 Å². The molecule has 0 aromatic carbocycles. The molecule has 0 unspecified atom stereocenters. The molecule has 2 nitrogen and oxygen atoms in total. The third kappa shape index (κ3) is 1.47. The molecule has 1 aromatic heterocycles. The van der Waals surface area contributed by atoms with Gasteiger partial charge in [0, 0.05) is 11.3 Å². The van der Waals surface area contributed by atoms with Crippen molar-refractivity contribution >= 4 is 28.4 Å². The van der Waals surface area contributed by atoms with Crippen LogP contribution in [0.1, 0.15) is 28.5 Å². The summed E-state index contributed by atoms with van der Waals surface area (Å²) in [5.41, 5.74) is 2.88. The minimum Gasteiger partial charge on any atom is -0.353 e. The number of nitrogens with one attached hydrogen (secondary N) is 1. The van der Waals surface area contributed by atoms with Gasteiger partial charge in [-0.05, 0) is 48.9 Å². The number of Topliss-reactive ketones (excluding diaryl/α,β-unsaturated/α-hetero) is 1. The maximum Gasteiger partial charge on any atom is 0.161 e. The summed E-state index contributed by atoms with van der Waals surface area (Å²) in [5.74, 6) is 0.138. The number of ketones is 1. The fraction of sp³-hybridized carbons (Fsp3) is 0.375. The minimum absolute atomic E-state index is 0.138. The first-order chi connectivity index (χ1) is 5.04. The molecule has 0 fully saturated rings. The predicted octanol–water partition coefficient (Wildman–Crippen LogP) is 2.44. The average molecular weight is 263 g/mol. The molecule has 0 aliphatic heterocycles. The van der Waals surface area contributed by atoms with Crippen molar-refractivity contribution in [3.05, 3.63) is 20.5 Å². The highest BCUT2D eigenvalue weighted by molar-refractivity contribution is 14.1. The van der Waals surface area contributed by atoms with Crippen LogP contribution in [0.2, 0.25) is 0 Å². The van der Waals surface area contributed by atoms with Crippen LogP contribution in [0.25, 0.3) is 0 Å². The van der Waals surface area contributed by atoms with E-state index in [4.69, 9.17) is 0 Å². The Balaban J connectivity index is 3.34. The van der Waals surface area contributed by atoms with E-state index in [9.17, 15) is 4.79 Å². The molecule has 0 radical (unpaired) electrons. The molecule has 0 saturated carbocycles. The first-order valence-corrected chi connectivity index (χ1v) is 4.47. The number of hydrogen-bond donors (Lipinski definition) is 1. The summed E-state index contributed by atoms with van der Waals surface area (Å²) in [4.78, 5) is 14.2. The van der Waals surface area contributed by atoms with Gasteiger partial charge in [0.05, 0.1) is 3.70 Å². The largest absolute Gasteiger partial charge is 0.353 e. The molecule has 11 heavy (non-hydrogen) atoms. The van der Waals surface area contributed by atoms with E-state index in [-0.39, 0.29) is 5.78 Å². The second-order valence-corrected chi connectivity index (χ2v) is 3.70. The van der Waals surface area contributed by atoms with Crippen molar-refractivity contribution in [3.63, 3.8) is 0 Å². The van der Waals surface area contributed by atoms with Crippen molar-refractivity contribution in [1.29, 1.82) is 0 Å². The van der Waals surface area contributed by atoms with E-state index < -0.39 is 0 Å². The molecule has 0 amide bonds. The van der Waals surface area contributed by atoms with Crippen molar-refractivity contribution in [2.24, 2.45) is 0 Å². The summed E-state index contributed by atoms with van der Waals surface area (Å²) in [6.45, 7) is 5.48. The minimum atomic E-state index is 0.138. The van der Waals surface area contributed by atoms with Gasteiger partial charge in [-0.25, -0.2) is 0 Å². The number of H-pyrrole nitrogens is 1. The van der Waals surface area contributed by atoms with Crippen LogP contribution in [0.15, 0.2) is 0 Å². The molecule has 0 saturated heterocycles. The Morgan fingerprint density at radius 1 is 1.45 bits per heavy atom. The Labute approximate surface area is 79.5 Å². The number of hydrogen-bond acceptors (Lipinski definition) is 1. The predicted molar refractivity (Wildman–Crippen MR) is 53.0 cm³/mol. The van der Waals surface area contributed by atoms with Crippen LogP contribution in [0, 0.1) is 17.5 Å². The summed E-state index contributed by atoms with van der Waals surface area (Å²) < 4.78 is 1.06. The van der Waals surface area contributed by atoms with Crippen LogP contribution in [0.4, 0.5) is 0 Å². The lowest BCUT2D eigenvalue weighted by Crippen LogP contribution is -1.94. The zero-order valence-corrected chi connectivity index (χ0v) is 8.94. The van der Waals surface area contributed by atoms with Gasteiger partial charge in [-0.2, -0.15) is 0 Å². The smallest absolute Gasteiger partial charge is 0.161 e. The molecule has 60 valence electrons. The molecule has 0 aliphatic carbocycles. The van der Waals surface area contributed by atoms with E-state index in [0.717, 1.165) is 20.5 Å². The summed E-state index contributed by atoms with van der Waals surface area (Å²) in [7, 11) is 0. The number of halogens is 1. The maximum absolute atomic E-state index is 11.1. The number of aryl methyl sites for hydroxylation is 1. The maximum atomic E-state index is 11.1. The molecule has 0 spiro atoms. The van der Waals surface area contributed by atoms with Gasteiger partial charge in [-0.15, -0.1) is 0 Å². The SMILES string of the molecule is CC(=O)c1c(C)[nH]c(I)c1C. The molecule has 1 heterocycles. The first kappa shape index (κ1) is 8.77. The highest BCUT2D eigenvalue weighted by Gasteiger charge is 2.12. The van der Waals surface area contributed by atoms with Gasteiger partial charge < -0.3 is 4.98 Å². The third-order valence-corrected chi connectivity index (χ3v) is 2.81. The van der Waals surface area contributed by atoms with Crippen LogP contribution in [-0.4, -0.2) is 10.8 Å². The lowest BCUT2D eigenvalue weighted by molar-refractivity contribution is 0.101. The number of carbonyl (C=O) groups excluding carboxylic acids is 1. The van der Waals surface area contributed by atoms with Crippen LogP contribution >= 0.6 is 22.6 Å². The lowest BCUT2D eigenvalue weighted by atomic mass is 10.1. The molecule has 0 bridgehead atoms. The highest BCUT2D eigenvalue weighted by Crippen LogP contribution is 2.19. The fourth-order valence-corrected chi connectivity index (χ4v) is 1.91. The number of aromatic amines is 1. The zero-order chi connectivity index (χ0) is 8.59. The number of rotatable bonds is 1. The molecule has 1 aromatic rings. The Morgan fingerprint density at radius 3 is 2.18 bits per heavy atom. The second kappa shape index (κ2) is 2.97. The monoisotopic (exact) mass is 263 g/mol. The van der Waals surface area contributed by atoms with Crippen LogP contribution in [-0.2, 0) is 0 Å². The van der Waals surface area contributed by atoms with Gasteiger partial charge in [0.1, 0.15) is 0 Å². The van der Waals surface area contributed by atoms with E-state index in [1.54, 1.807) is 6.92 Å².